The first kappa shape index (κ1) is 16.6. The molecule has 0 heterocycles. The van der Waals surface area contributed by atoms with Crippen LogP contribution in [0.25, 0.3) is 0 Å². The lowest BCUT2D eigenvalue weighted by Gasteiger charge is -2.14. The zero-order valence-electron chi connectivity index (χ0n) is 11.0. The maximum absolute atomic E-state index is 10.6. The number of hydrazone groups is 1. The van der Waals surface area contributed by atoms with E-state index in [1.54, 1.807) is 0 Å². The average Bonchev–Trinajstić information content (AvgIpc) is 2.39. The minimum atomic E-state index is -1.22. The summed E-state index contributed by atoms with van der Waals surface area (Å²) in [6.07, 6.45) is 1.16. The number of benzene rings is 1. The Morgan fingerprint density at radius 3 is 2.38 bits per heavy atom. The predicted octanol–water partition coefficient (Wildman–Crippen LogP) is 0.859. The number of hydrogen-bond acceptors (Lipinski definition) is 6. The lowest BCUT2D eigenvalue weighted by Crippen LogP contribution is -2.30. The third-order valence-corrected chi connectivity index (χ3v) is 2.72. The number of carboxylic acid groups (broad SMARTS) is 2. The molecule has 114 valence electrons. The van der Waals surface area contributed by atoms with Gasteiger partial charge in [0.1, 0.15) is 13.1 Å². The van der Waals surface area contributed by atoms with Crippen molar-refractivity contribution in [1.82, 2.24) is 5.01 Å². The largest absolute Gasteiger partial charge is 0.503 e. The monoisotopic (exact) mass is 316 g/mol. The van der Waals surface area contributed by atoms with Gasteiger partial charge in [-0.3, -0.25) is 14.6 Å². The fourth-order valence-corrected chi connectivity index (χ4v) is 1.63. The first-order valence-electron chi connectivity index (χ1n) is 5.63. The maximum Gasteiger partial charge on any atom is 0.324 e. The molecule has 1 rings (SSSR count). The molecule has 1 aromatic carbocycles. The lowest BCUT2D eigenvalue weighted by molar-refractivity contribution is -0.141. The van der Waals surface area contributed by atoms with Crippen LogP contribution in [0.1, 0.15) is 5.56 Å². The number of carboxylic acids is 2. The molecule has 0 radical (unpaired) electrons. The molecule has 0 fully saturated rings. The molecule has 3 N–H and O–H groups in total. The van der Waals surface area contributed by atoms with Gasteiger partial charge in [-0.25, -0.2) is 0 Å². The molecule has 0 saturated carbocycles. The van der Waals surface area contributed by atoms with Crippen molar-refractivity contribution in [2.24, 2.45) is 5.10 Å². The van der Waals surface area contributed by atoms with Gasteiger partial charge < -0.3 is 20.1 Å². The van der Waals surface area contributed by atoms with Crippen molar-refractivity contribution in [3.8, 4) is 11.5 Å². The number of ether oxygens (including phenoxy) is 1. The van der Waals surface area contributed by atoms with Gasteiger partial charge in [0.25, 0.3) is 0 Å². The highest BCUT2D eigenvalue weighted by Crippen LogP contribution is 2.35. The number of rotatable bonds is 7. The fraction of sp³-hybridized carbons (Fsp3) is 0.250. The zero-order chi connectivity index (χ0) is 16.0. The highest BCUT2D eigenvalue weighted by atomic mass is 35.5. The molecule has 0 spiro atoms. The van der Waals surface area contributed by atoms with Gasteiger partial charge in [0.2, 0.25) is 0 Å². The molecule has 0 aromatic heterocycles. The number of aliphatic carboxylic acids is 2. The van der Waals surface area contributed by atoms with Crippen LogP contribution in [0.4, 0.5) is 0 Å². The van der Waals surface area contributed by atoms with Gasteiger partial charge in [0, 0.05) is 5.56 Å². The van der Waals surface area contributed by atoms with Crippen molar-refractivity contribution in [3.05, 3.63) is 22.7 Å². The van der Waals surface area contributed by atoms with E-state index >= 15 is 0 Å². The van der Waals surface area contributed by atoms with Gasteiger partial charge >= 0.3 is 11.9 Å². The van der Waals surface area contributed by atoms with Crippen LogP contribution in [0.3, 0.4) is 0 Å². The Balaban J connectivity index is 2.97. The highest BCUT2D eigenvalue weighted by Gasteiger charge is 2.12. The van der Waals surface area contributed by atoms with Gasteiger partial charge in [-0.15, -0.1) is 0 Å². The molecule has 0 atom stereocenters. The second-order valence-corrected chi connectivity index (χ2v) is 4.25. The van der Waals surface area contributed by atoms with Crippen molar-refractivity contribution in [2.75, 3.05) is 20.2 Å². The molecular weight excluding hydrogens is 304 g/mol. The van der Waals surface area contributed by atoms with Crippen molar-refractivity contribution in [3.63, 3.8) is 0 Å². The number of nitrogens with zero attached hydrogens (tertiary/aromatic N) is 2. The third kappa shape index (κ3) is 4.84. The van der Waals surface area contributed by atoms with Crippen LogP contribution in [0.2, 0.25) is 5.02 Å². The van der Waals surface area contributed by atoms with Crippen LogP contribution < -0.4 is 4.74 Å². The van der Waals surface area contributed by atoms with Crippen LogP contribution in [0.5, 0.6) is 11.5 Å². The Kier molecular flexibility index (Phi) is 5.79. The molecular formula is C12H13ClN2O6. The van der Waals surface area contributed by atoms with E-state index in [0.717, 1.165) is 11.2 Å². The van der Waals surface area contributed by atoms with Crippen LogP contribution >= 0.6 is 11.6 Å². The Hall–Kier alpha value is -2.48. The molecule has 0 unspecified atom stereocenters. The fourth-order valence-electron chi connectivity index (χ4n) is 1.42. The van der Waals surface area contributed by atoms with Gasteiger partial charge in [-0.1, -0.05) is 11.6 Å². The summed E-state index contributed by atoms with van der Waals surface area (Å²) >= 11 is 5.90. The highest BCUT2D eigenvalue weighted by molar-refractivity contribution is 6.34. The topological polar surface area (TPSA) is 120 Å². The van der Waals surface area contributed by atoms with Gasteiger partial charge in [-0.2, -0.15) is 5.10 Å². The van der Waals surface area contributed by atoms with E-state index in [1.165, 1.54) is 19.2 Å². The Morgan fingerprint density at radius 1 is 1.33 bits per heavy atom. The Morgan fingerprint density at radius 2 is 1.90 bits per heavy atom. The lowest BCUT2D eigenvalue weighted by atomic mass is 10.2. The quantitative estimate of drug-likeness (QED) is 0.504. The normalized spacial score (nSPS) is 10.6. The van der Waals surface area contributed by atoms with E-state index in [9.17, 15) is 14.7 Å². The number of phenolic OH excluding ortho intramolecular Hbond substituents is 1. The van der Waals surface area contributed by atoms with Crippen molar-refractivity contribution >= 4 is 29.8 Å². The van der Waals surface area contributed by atoms with Crippen molar-refractivity contribution in [2.45, 2.75) is 0 Å². The van der Waals surface area contributed by atoms with Crippen LogP contribution in [0.15, 0.2) is 17.2 Å². The Bertz CT molecular complexity index is 559. The molecule has 0 bridgehead atoms. The molecule has 0 amide bonds. The minimum Gasteiger partial charge on any atom is -0.503 e. The molecule has 0 saturated heterocycles. The van der Waals surface area contributed by atoms with Crippen LogP contribution in [-0.2, 0) is 9.59 Å². The Labute approximate surface area is 124 Å². The van der Waals surface area contributed by atoms with E-state index in [4.69, 9.17) is 26.6 Å². The van der Waals surface area contributed by atoms with Crippen molar-refractivity contribution < 1.29 is 29.6 Å². The summed E-state index contributed by atoms with van der Waals surface area (Å²) in [5.41, 5.74) is 0.288. The second kappa shape index (κ2) is 7.34. The standard InChI is InChI=1S/C12H13ClN2O6/c1-21-8-3-2-7(11(13)12(8)20)4-14-15(5-9(16)17)6-10(18)19/h2-4,20H,5-6H2,1H3,(H,16,17)(H,18,19)/b14-4-. The molecule has 8 nitrogen and oxygen atoms in total. The summed E-state index contributed by atoms with van der Waals surface area (Å²) in [6, 6.07) is 2.94. The summed E-state index contributed by atoms with van der Waals surface area (Å²) in [5, 5.41) is 31.6. The molecule has 0 aliphatic carbocycles. The van der Waals surface area contributed by atoms with E-state index in [2.05, 4.69) is 5.10 Å². The number of methoxy groups -OCH3 is 1. The number of hydrogen-bond donors (Lipinski definition) is 3. The molecule has 21 heavy (non-hydrogen) atoms. The summed E-state index contributed by atoms with van der Waals surface area (Å²) in [5.74, 6) is -2.56. The number of aromatic hydroxyl groups is 1. The van der Waals surface area contributed by atoms with E-state index in [0.29, 0.717) is 0 Å². The molecule has 9 heteroatoms. The summed E-state index contributed by atoms with van der Waals surface area (Å²) in [4.78, 5) is 21.2. The van der Waals surface area contributed by atoms with Gasteiger partial charge in [0.05, 0.1) is 18.3 Å². The van der Waals surface area contributed by atoms with Gasteiger partial charge in [0.15, 0.2) is 11.5 Å². The van der Waals surface area contributed by atoms with Crippen LogP contribution in [-0.4, -0.2) is 58.7 Å². The SMILES string of the molecule is COc1ccc(/C=N\N(CC(=O)O)CC(=O)O)c(Cl)c1O. The number of carbonyl (C=O) groups is 2. The van der Waals surface area contributed by atoms with E-state index < -0.39 is 25.0 Å². The first-order chi connectivity index (χ1) is 9.85. The molecule has 0 aliphatic rings. The minimum absolute atomic E-state index is 0.0382. The smallest absolute Gasteiger partial charge is 0.324 e. The zero-order valence-corrected chi connectivity index (χ0v) is 11.7. The number of halogens is 1. The predicted molar refractivity (Wildman–Crippen MR) is 74.1 cm³/mol. The van der Waals surface area contributed by atoms with E-state index in [1.807, 2.05) is 0 Å². The molecule has 1 aromatic rings. The molecule has 0 aliphatic heterocycles. The average molecular weight is 317 g/mol. The maximum atomic E-state index is 10.6. The van der Waals surface area contributed by atoms with Gasteiger partial charge in [-0.05, 0) is 12.1 Å². The second-order valence-electron chi connectivity index (χ2n) is 3.87. The van der Waals surface area contributed by atoms with Crippen LogP contribution in [0, 0.1) is 0 Å². The van der Waals surface area contributed by atoms with Crippen molar-refractivity contribution in [1.29, 1.82) is 0 Å². The summed E-state index contributed by atoms with van der Waals surface area (Å²) < 4.78 is 4.87. The first-order valence-corrected chi connectivity index (χ1v) is 6.01. The number of phenols is 1. The summed E-state index contributed by atoms with van der Waals surface area (Å²) in [7, 11) is 1.36. The van der Waals surface area contributed by atoms with E-state index in [-0.39, 0.29) is 22.1 Å². The summed E-state index contributed by atoms with van der Waals surface area (Å²) in [6.45, 7) is -1.16. The third-order valence-electron chi connectivity index (χ3n) is 2.32.